The molecule has 0 aromatic carbocycles. The number of anilines is 1. The molecule has 1 saturated heterocycles. The Morgan fingerprint density at radius 2 is 2.10 bits per heavy atom. The highest BCUT2D eigenvalue weighted by molar-refractivity contribution is 5.99. The Morgan fingerprint density at radius 3 is 2.75 bits per heavy atom. The largest absolute Gasteiger partial charge is 0.384 e. The standard InChI is InChI=1S/C16H26N4/c1-11(2)13-5-4-9-20(10-8-13)16-14(15(17)18)7-6-12(3)19-16/h6-7,11,13H,4-5,8-10H2,1-3H3,(H3,17,18). The van der Waals surface area contributed by atoms with E-state index in [2.05, 4.69) is 23.7 Å². The molecule has 110 valence electrons. The van der Waals surface area contributed by atoms with Crippen molar-refractivity contribution in [1.82, 2.24) is 4.98 Å². The first kappa shape index (κ1) is 14.8. The summed E-state index contributed by atoms with van der Waals surface area (Å²) >= 11 is 0. The minimum absolute atomic E-state index is 0.108. The summed E-state index contributed by atoms with van der Waals surface area (Å²) in [5.41, 5.74) is 7.45. The van der Waals surface area contributed by atoms with Crippen LogP contribution in [0.1, 0.15) is 44.4 Å². The van der Waals surface area contributed by atoms with E-state index in [0.29, 0.717) is 0 Å². The van der Waals surface area contributed by atoms with Crippen molar-refractivity contribution in [1.29, 1.82) is 5.41 Å². The smallest absolute Gasteiger partial charge is 0.139 e. The highest BCUT2D eigenvalue weighted by Gasteiger charge is 2.22. The molecule has 1 aliphatic heterocycles. The van der Waals surface area contributed by atoms with Crippen molar-refractivity contribution in [3.8, 4) is 0 Å². The molecule has 0 radical (unpaired) electrons. The highest BCUT2D eigenvalue weighted by Crippen LogP contribution is 2.28. The zero-order valence-electron chi connectivity index (χ0n) is 12.8. The molecule has 2 rings (SSSR count). The Morgan fingerprint density at radius 1 is 1.35 bits per heavy atom. The van der Waals surface area contributed by atoms with Crippen molar-refractivity contribution in [2.75, 3.05) is 18.0 Å². The molecule has 0 bridgehead atoms. The van der Waals surface area contributed by atoms with Gasteiger partial charge in [0.05, 0.1) is 5.56 Å². The van der Waals surface area contributed by atoms with Gasteiger partial charge in [0.15, 0.2) is 0 Å². The van der Waals surface area contributed by atoms with Crippen molar-refractivity contribution < 1.29 is 0 Å². The fourth-order valence-electron chi connectivity index (χ4n) is 2.99. The Hall–Kier alpha value is -1.58. The number of nitrogens with one attached hydrogen (secondary N) is 1. The van der Waals surface area contributed by atoms with Crippen molar-refractivity contribution in [3.63, 3.8) is 0 Å². The molecule has 0 aliphatic carbocycles. The highest BCUT2D eigenvalue weighted by atomic mass is 15.2. The Balaban J connectivity index is 2.23. The van der Waals surface area contributed by atoms with Gasteiger partial charge in [-0.15, -0.1) is 0 Å². The number of hydrogen-bond donors (Lipinski definition) is 2. The number of aromatic nitrogens is 1. The van der Waals surface area contributed by atoms with Crippen LogP contribution in [0.2, 0.25) is 0 Å². The van der Waals surface area contributed by atoms with Gasteiger partial charge < -0.3 is 10.6 Å². The molecular weight excluding hydrogens is 248 g/mol. The van der Waals surface area contributed by atoms with Gasteiger partial charge in [-0.3, -0.25) is 5.41 Å². The first-order valence-corrected chi connectivity index (χ1v) is 7.56. The van der Waals surface area contributed by atoms with E-state index >= 15 is 0 Å². The first-order chi connectivity index (χ1) is 9.49. The Labute approximate surface area is 121 Å². The number of amidine groups is 1. The summed E-state index contributed by atoms with van der Waals surface area (Å²) in [6.45, 7) is 8.64. The maximum absolute atomic E-state index is 7.74. The van der Waals surface area contributed by atoms with E-state index in [-0.39, 0.29) is 5.84 Å². The van der Waals surface area contributed by atoms with Crippen LogP contribution in [0.25, 0.3) is 0 Å². The third-order valence-corrected chi connectivity index (χ3v) is 4.32. The molecule has 3 N–H and O–H groups in total. The van der Waals surface area contributed by atoms with Gasteiger partial charge in [0.1, 0.15) is 11.7 Å². The molecule has 1 fully saturated rings. The van der Waals surface area contributed by atoms with E-state index < -0.39 is 0 Å². The van der Waals surface area contributed by atoms with E-state index in [1.54, 1.807) is 0 Å². The number of nitrogens with two attached hydrogens (primary N) is 1. The molecule has 0 saturated carbocycles. The van der Waals surface area contributed by atoms with Gasteiger partial charge in [-0.25, -0.2) is 4.98 Å². The number of pyridine rings is 1. The van der Waals surface area contributed by atoms with Crippen LogP contribution in [-0.4, -0.2) is 23.9 Å². The van der Waals surface area contributed by atoms with E-state index in [1.807, 2.05) is 19.1 Å². The molecule has 0 spiro atoms. The lowest BCUT2D eigenvalue weighted by molar-refractivity contribution is 0.351. The van der Waals surface area contributed by atoms with Gasteiger partial charge >= 0.3 is 0 Å². The van der Waals surface area contributed by atoms with Crippen LogP contribution >= 0.6 is 0 Å². The minimum Gasteiger partial charge on any atom is -0.384 e. The third-order valence-electron chi connectivity index (χ3n) is 4.32. The molecule has 1 aliphatic rings. The zero-order valence-corrected chi connectivity index (χ0v) is 12.8. The summed E-state index contributed by atoms with van der Waals surface area (Å²) in [5, 5.41) is 7.74. The van der Waals surface area contributed by atoms with Crippen LogP contribution in [0.15, 0.2) is 12.1 Å². The number of hydrogen-bond acceptors (Lipinski definition) is 3. The summed E-state index contributed by atoms with van der Waals surface area (Å²) in [6, 6.07) is 3.85. The second-order valence-electron chi connectivity index (χ2n) is 6.16. The molecule has 2 heterocycles. The van der Waals surface area contributed by atoms with Gasteiger partial charge in [-0.05, 0) is 50.2 Å². The van der Waals surface area contributed by atoms with Gasteiger partial charge in [0, 0.05) is 18.8 Å². The number of aryl methyl sites for hydroxylation is 1. The van der Waals surface area contributed by atoms with Gasteiger partial charge in [0.25, 0.3) is 0 Å². The normalized spacial score (nSPS) is 20.0. The quantitative estimate of drug-likeness (QED) is 0.658. The lowest BCUT2D eigenvalue weighted by Crippen LogP contribution is -2.29. The number of nitrogen functional groups attached to an aromatic ring is 1. The molecule has 1 aromatic heterocycles. The second-order valence-corrected chi connectivity index (χ2v) is 6.16. The molecule has 20 heavy (non-hydrogen) atoms. The van der Waals surface area contributed by atoms with E-state index in [0.717, 1.165) is 42.0 Å². The summed E-state index contributed by atoms with van der Waals surface area (Å²) in [7, 11) is 0. The number of rotatable bonds is 3. The summed E-state index contributed by atoms with van der Waals surface area (Å²) < 4.78 is 0. The lowest BCUT2D eigenvalue weighted by Gasteiger charge is -2.25. The molecule has 4 nitrogen and oxygen atoms in total. The summed E-state index contributed by atoms with van der Waals surface area (Å²) in [6.07, 6.45) is 3.68. The van der Waals surface area contributed by atoms with Crippen LogP contribution in [0, 0.1) is 24.2 Å². The topological polar surface area (TPSA) is 66.0 Å². The summed E-state index contributed by atoms with van der Waals surface area (Å²) in [5.74, 6) is 2.54. The molecule has 1 unspecified atom stereocenters. The molecule has 1 aromatic rings. The third kappa shape index (κ3) is 3.30. The van der Waals surface area contributed by atoms with Crippen molar-refractivity contribution in [2.45, 2.75) is 40.0 Å². The lowest BCUT2D eigenvalue weighted by atomic mass is 9.89. The maximum Gasteiger partial charge on any atom is 0.139 e. The Kier molecular flexibility index (Phi) is 4.63. The fraction of sp³-hybridized carbons (Fsp3) is 0.625. The van der Waals surface area contributed by atoms with Crippen LogP contribution in [-0.2, 0) is 0 Å². The fourth-order valence-corrected chi connectivity index (χ4v) is 2.99. The molecule has 4 heteroatoms. The van der Waals surface area contributed by atoms with Crippen molar-refractivity contribution >= 4 is 11.7 Å². The molecule has 1 atom stereocenters. The first-order valence-electron chi connectivity index (χ1n) is 7.56. The van der Waals surface area contributed by atoms with E-state index in [1.165, 1.54) is 19.3 Å². The Bertz CT molecular complexity index is 481. The van der Waals surface area contributed by atoms with E-state index in [4.69, 9.17) is 11.1 Å². The zero-order chi connectivity index (χ0) is 14.7. The molecular formula is C16H26N4. The van der Waals surface area contributed by atoms with Gasteiger partial charge in [0.2, 0.25) is 0 Å². The predicted octanol–water partition coefficient (Wildman–Crippen LogP) is 2.94. The predicted molar refractivity (Wildman–Crippen MR) is 84.4 cm³/mol. The SMILES string of the molecule is Cc1ccc(C(=N)N)c(N2CCCC(C(C)C)CC2)n1. The van der Waals surface area contributed by atoms with Crippen LogP contribution in [0.3, 0.4) is 0 Å². The monoisotopic (exact) mass is 274 g/mol. The number of nitrogens with zero attached hydrogens (tertiary/aromatic N) is 2. The van der Waals surface area contributed by atoms with Crippen LogP contribution < -0.4 is 10.6 Å². The maximum atomic E-state index is 7.74. The van der Waals surface area contributed by atoms with Crippen molar-refractivity contribution in [3.05, 3.63) is 23.4 Å². The van der Waals surface area contributed by atoms with Crippen molar-refractivity contribution in [2.24, 2.45) is 17.6 Å². The minimum atomic E-state index is 0.108. The van der Waals surface area contributed by atoms with E-state index in [9.17, 15) is 0 Å². The van der Waals surface area contributed by atoms with Crippen LogP contribution in [0.5, 0.6) is 0 Å². The second kappa shape index (κ2) is 6.25. The average molecular weight is 274 g/mol. The summed E-state index contributed by atoms with van der Waals surface area (Å²) in [4.78, 5) is 6.95. The molecule has 0 amide bonds. The van der Waals surface area contributed by atoms with Gasteiger partial charge in [-0.1, -0.05) is 13.8 Å². The average Bonchev–Trinajstić information content (AvgIpc) is 2.63. The van der Waals surface area contributed by atoms with Gasteiger partial charge in [-0.2, -0.15) is 0 Å². The van der Waals surface area contributed by atoms with Crippen LogP contribution in [0.4, 0.5) is 5.82 Å².